The number of primary amides is 1. The number of hydrogen-bond donors (Lipinski definition) is 2. The van der Waals surface area contributed by atoms with E-state index in [1.807, 2.05) is 0 Å². The van der Waals surface area contributed by atoms with Gasteiger partial charge in [0, 0.05) is 23.2 Å². The van der Waals surface area contributed by atoms with Crippen LogP contribution in [-0.2, 0) is 6.73 Å². The lowest BCUT2D eigenvalue weighted by Gasteiger charge is -2.09. The molecule has 0 aliphatic heterocycles. The van der Waals surface area contributed by atoms with Crippen LogP contribution in [0.3, 0.4) is 0 Å². The topological polar surface area (TPSA) is 125 Å². The zero-order valence-corrected chi connectivity index (χ0v) is 19.8. The first kappa shape index (κ1) is 25.0. The molecule has 194 valence electrons. The van der Waals surface area contributed by atoms with Crippen LogP contribution in [0.25, 0.3) is 21.5 Å². The van der Waals surface area contributed by atoms with E-state index in [1.54, 1.807) is 6.07 Å². The number of carbonyl (C=O) groups excluding carboxylic acids is 2. The van der Waals surface area contributed by atoms with E-state index in [0.29, 0.717) is 6.07 Å². The third-order valence-electron chi connectivity index (χ3n) is 5.27. The number of ether oxygens (including phenoxy) is 1. The van der Waals surface area contributed by atoms with Gasteiger partial charge in [-0.15, -0.1) is 11.3 Å². The number of furan rings is 1. The fourth-order valence-electron chi connectivity index (χ4n) is 3.61. The second kappa shape index (κ2) is 9.97. The van der Waals surface area contributed by atoms with Gasteiger partial charge in [0.15, 0.2) is 24.0 Å². The Morgan fingerprint density at radius 1 is 1.18 bits per heavy atom. The van der Waals surface area contributed by atoms with E-state index >= 15 is 0 Å². The quantitative estimate of drug-likeness (QED) is 0.253. The Balaban J connectivity index is 1.46. The molecule has 0 aliphatic carbocycles. The fourth-order valence-corrected chi connectivity index (χ4v) is 4.62. The SMILES string of the molecule is NC(=O)c1sc2nc(C(F)F)cc(-c3ccco3)c2c1NC(=O)c1ccn(COc2ccc(F)cc2F)n1. The monoisotopic (exact) mass is 545 g/mol. The molecule has 14 heteroatoms. The molecular formula is C24H15F4N5O4S. The Hall–Kier alpha value is -4.72. The molecule has 0 atom stereocenters. The standard InChI is InChI=1S/C24H15F4N5O4S/c25-11-3-4-17(13(26)8-11)37-10-33-6-5-14(32-33)23(35)31-19-18-12(16-2-1-7-36-16)9-15(21(27)28)30-24(18)38-20(19)22(29)34/h1-9,21H,10H2,(H2,29,34)(H,31,35). The average Bonchev–Trinajstić information content (AvgIpc) is 3.63. The number of aromatic nitrogens is 3. The van der Waals surface area contributed by atoms with Crippen molar-refractivity contribution in [3.8, 4) is 17.1 Å². The van der Waals surface area contributed by atoms with Crippen LogP contribution in [-0.4, -0.2) is 26.6 Å². The number of nitrogens with zero attached hydrogens (tertiary/aromatic N) is 3. The van der Waals surface area contributed by atoms with Crippen LogP contribution in [0.4, 0.5) is 23.2 Å². The van der Waals surface area contributed by atoms with E-state index in [4.69, 9.17) is 14.9 Å². The Labute approximate surface area is 214 Å². The lowest BCUT2D eigenvalue weighted by Crippen LogP contribution is -2.18. The molecule has 5 rings (SSSR count). The summed E-state index contributed by atoms with van der Waals surface area (Å²) < 4.78 is 65.7. The number of amides is 2. The van der Waals surface area contributed by atoms with Crippen molar-refractivity contribution in [2.45, 2.75) is 13.2 Å². The number of halogens is 4. The number of anilines is 1. The lowest BCUT2D eigenvalue weighted by atomic mass is 10.1. The number of thiophene rings is 1. The van der Waals surface area contributed by atoms with Crippen LogP contribution in [0.15, 0.2) is 59.3 Å². The van der Waals surface area contributed by atoms with Crippen molar-refractivity contribution in [1.29, 1.82) is 0 Å². The van der Waals surface area contributed by atoms with Gasteiger partial charge in [-0.1, -0.05) is 0 Å². The summed E-state index contributed by atoms with van der Waals surface area (Å²) in [5.74, 6) is -3.35. The summed E-state index contributed by atoms with van der Waals surface area (Å²) in [4.78, 5) is 29.1. The number of alkyl halides is 2. The molecular weight excluding hydrogens is 530 g/mol. The van der Waals surface area contributed by atoms with E-state index in [0.717, 1.165) is 29.5 Å². The van der Waals surface area contributed by atoms with Crippen LogP contribution in [0.1, 0.15) is 32.3 Å². The molecule has 9 nitrogen and oxygen atoms in total. The van der Waals surface area contributed by atoms with Crippen molar-refractivity contribution >= 4 is 39.1 Å². The van der Waals surface area contributed by atoms with Crippen molar-refractivity contribution < 1.29 is 36.3 Å². The van der Waals surface area contributed by atoms with Gasteiger partial charge in [-0.05, 0) is 36.4 Å². The smallest absolute Gasteiger partial charge is 0.280 e. The summed E-state index contributed by atoms with van der Waals surface area (Å²) in [5.41, 5.74) is 4.99. The van der Waals surface area contributed by atoms with Gasteiger partial charge in [-0.2, -0.15) is 5.10 Å². The number of hydrogen-bond acceptors (Lipinski definition) is 7. The van der Waals surface area contributed by atoms with E-state index in [1.165, 1.54) is 29.3 Å². The fraction of sp³-hybridized carbons (Fsp3) is 0.0833. The molecule has 0 spiro atoms. The first-order chi connectivity index (χ1) is 18.2. The molecule has 4 heterocycles. The first-order valence-electron chi connectivity index (χ1n) is 10.7. The summed E-state index contributed by atoms with van der Waals surface area (Å²) in [7, 11) is 0. The molecule has 38 heavy (non-hydrogen) atoms. The predicted molar refractivity (Wildman–Crippen MR) is 128 cm³/mol. The van der Waals surface area contributed by atoms with Gasteiger partial charge in [0.25, 0.3) is 18.2 Å². The molecule has 0 fully saturated rings. The van der Waals surface area contributed by atoms with Crippen LogP contribution in [0.5, 0.6) is 5.75 Å². The molecule has 3 N–H and O–H groups in total. The highest BCUT2D eigenvalue weighted by Gasteiger charge is 2.26. The summed E-state index contributed by atoms with van der Waals surface area (Å²) in [6, 6.07) is 8.32. The minimum atomic E-state index is -2.90. The Kier molecular flexibility index (Phi) is 6.55. The van der Waals surface area contributed by atoms with Crippen molar-refractivity contribution in [3.05, 3.63) is 82.8 Å². The first-order valence-corrected chi connectivity index (χ1v) is 11.5. The van der Waals surface area contributed by atoms with E-state index in [2.05, 4.69) is 15.4 Å². The Morgan fingerprint density at radius 3 is 2.68 bits per heavy atom. The highest BCUT2D eigenvalue weighted by atomic mass is 32.1. The van der Waals surface area contributed by atoms with Gasteiger partial charge < -0.3 is 20.2 Å². The van der Waals surface area contributed by atoms with Crippen LogP contribution >= 0.6 is 11.3 Å². The third-order valence-corrected chi connectivity index (χ3v) is 6.37. The second-order valence-electron chi connectivity index (χ2n) is 7.77. The van der Waals surface area contributed by atoms with Crippen molar-refractivity contribution in [2.24, 2.45) is 5.73 Å². The lowest BCUT2D eigenvalue weighted by molar-refractivity contribution is 0.100. The molecule has 0 bridgehead atoms. The maximum Gasteiger partial charge on any atom is 0.280 e. The number of fused-ring (bicyclic) bond motifs is 1. The molecule has 0 unspecified atom stereocenters. The van der Waals surface area contributed by atoms with Crippen LogP contribution in [0, 0.1) is 11.6 Å². The minimum absolute atomic E-state index is 0.0403. The summed E-state index contributed by atoms with van der Waals surface area (Å²) in [6.07, 6.45) is -0.183. The predicted octanol–water partition coefficient (Wildman–Crippen LogP) is 5.36. The number of benzene rings is 1. The minimum Gasteiger partial charge on any atom is -0.468 e. The zero-order valence-electron chi connectivity index (χ0n) is 19.0. The average molecular weight is 545 g/mol. The molecule has 0 saturated heterocycles. The van der Waals surface area contributed by atoms with Crippen LogP contribution in [0.2, 0.25) is 0 Å². The number of rotatable bonds is 8. The third kappa shape index (κ3) is 4.80. The van der Waals surface area contributed by atoms with E-state index < -0.39 is 35.6 Å². The molecule has 0 saturated carbocycles. The molecule has 5 aromatic rings. The highest BCUT2D eigenvalue weighted by molar-refractivity contribution is 7.21. The maximum atomic E-state index is 13.8. The number of pyridine rings is 1. The molecule has 0 radical (unpaired) electrons. The van der Waals surface area contributed by atoms with Gasteiger partial charge in [-0.25, -0.2) is 27.2 Å². The molecule has 4 aromatic heterocycles. The maximum absolute atomic E-state index is 13.8. The summed E-state index contributed by atoms with van der Waals surface area (Å²) >= 11 is 0.742. The highest BCUT2D eigenvalue weighted by Crippen LogP contribution is 2.42. The van der Waals surface area contributed by atoms with Gasteiger partial charge in [0.05, 0.1) is 12.0 Å². The van der Waals surface area contributed by atoms with Gasteiger partial charge in [0.1, 0.15) is 27.0 Å². The second-order valence-corrected chi connectivity index (χ2v) is 8.77. The van der Waals surface area contributed by atoms with Crippen molar-refractivity contribution in [2.75, 3.05) is 5.32 Å². The zero-order chi connectivity index (χ0) is 27.0. The van der Waals surface area contributed by atoms with E-state index in [-0.39, 0.29) is 50.3 Å². The van der Waals surface area contributed by atoms with E-state index in [9.17, 15) is 27.2 Å². The Morgan fingerprint density at radius 2 is 2.00 bits per heavy atom. The number of nitrogens with two attached hydrogens (primary N) is 1. The van der Waals surface area contributed by atoms with Crippen molar-refractivity contribution in [3.63, 3.8) is 0 Å². The number of carbonyl (C=O) groups is 2. The van der Waals surface area contributed by atoms with Crippen LogP contribution < -0.4 is 15.8 Å². The van der Waals surface area contributed by atoms with Gasteiger partial charge in [0.2, 0.25) is 0 Å². The molecule has 1 aromatic carbocycles. The van der Waals surface area contributed by atoms with Gasteiger partial charge in [-0.3, -0.25) is 9.59 Å². The molecule has 0 aliphatic rings. The largest absolute Gasteiger partial charge is 0.468 e. The summed E-state index contributed by atoms with van der Waals surface area (Å²) in [6.45, 7) is -0.299. The normalized spacial score (nSPS) is 11.3. The molecule has 2 amide bonds. The Bertz CT molecular complexity index is 1670. The summed E-state index contributed by atoms with van der Waals surface area (Å²) in [5, 5.41) is 6.81. The van der Waals surface area contributed by atoms with Crippen molar-refractivity contribution in [1.82, 2.24) is 14.8 Å². The van der Waals surface area contributed by atoms with Gasteiger partial charge >= 0.3 is 0 Å². The number of nitrogens with one attached hydrogen (secondary N) is 1.